The molecule has 5 heteroatoms. The standard InChI is InChI=1S/C13H14BrN3O/c14-7-4-5-11-10(6-7)8-2-1-3-9(12(8)16-11)13(15)17-18/h4-6,9,16,18H,1-3H2,(H2,15,17)/t9-/m1/s1. The van der Waals surface area contributed by atoms with Crippen molar-refractivity contribution in [2.45, 2.75) is 25.2 Å². The molecular weight excluding hydrogens is 294 g/mol. The maximum absolute atomic E-state index is 8.87. The highest BCUT2D eigenvalue weighted by atomic mass is 79.9. The van der Waals surface area contributed by atoms with Gasteiger partial charge in [0.1, 0.15) is 5.84 Å². The monoisotopic (exact) mass is 307 g/mol. The van der Waals surface area contributed by atoms with Crippen LogP contribution >= 0.6 is 15.9 Å². The number of nitrogens with zero attached hydrogens (tertiary/aromatic N) is 1. The van der Waals surface area contributed by atoms with Gasteiger partial charge in [-0.15, -0.1) is 0 Å². The molecule has 1 aromatic heterocycles. The highest BCUT2D eigenvalue weighted by Gasteiger charge is 2.27. The number of hydrogen-bond donors (Lipinski definition) is 3. The fraction of sp³-hybridized carbons (Fsp3) is 0.308. The molecule has 3 rings (SSSR count). The quantitative estimate of drug-likeness (QED) is 0.328. The van der Waals surface area contributed by atoms with Crippen LogP contribution in [0.5, 0.6) is 0 Å². The van der Waals surface area contributed by atoms with Crippen molar-refractivity contribution in [3.05, 3.63) is 33.9 Å². The van der Waals surface area contributed by atoms with Crippen molar-refractivity contribution in [3.63, 3.8) is 0 Å². The summed E-state index contributed by atoms with van der Waals surface area (Å²) in [5, 5.41) is 13.3. The summed E-state index contributed by atoms with van der Waals surface area (Å²) in [7, 11) is 0. The Balaban J connectivity index is 2.21. The molecule has 4 N–H and O–H groups in total. The minimum atomic E-state index is 0.00456. The zero-order valence-electron chi connectivity index (χ0n) is 9.78. The molecule has 1 aliphatic carbocycles. The molecule has 0 spiro atoms. The van der Waals surface area contributed by atoms with Crippen LogP contribution in [0.15, 0.2) is 27.8 Å². The summed E-state index contributed by atoms with van der Waals surface area (Å²) in [4.78, 5) is 3.42. The summed E-state index contributed by atoms with van der Waals surface area (Å²) in [5.41, 5.74) is 9.30. The van der Waals surface area contributed by atoms with Gasteiger partial charge in [-0.05, 0) is 43.0 Å². The van der Waals surface area contributed by atoms with E-state index >= 15 is 0 Å². The predicted octanol–water partition coefficient (Wildman–Crippen LogP) is 3.10. The number of fused-ring (bicyclic) bond motifs is 3. The highest BCUT2D eigenvalue weighted by molar-refractivity contribution is 9.10. The molecule has 18 heavy (non-hydrogen) atoms. The summed E-state index contributed by atoms with van der Waals surface area (Å²) < 4.78 is 1.07. The molecule has 4 nitrogen and oxygen atoms in total. The second kappa shape index (κ2) is 4.31. The Morgan fingerprint density at radius 2 is 2.33 bits per heavy atom. The highest BCUT2D eigenvalue weighted by Crippen LogP contribution is 2.36. The maximum atomic E-state index is 8.87. The van der Waals surface area contributed by atoms with Gasteiger partial charge in [-0.2, -0.15) is 0 Å². The van der Waals surface area contributed by atoms with E-state index in [9.17, 15) is 0 Å². The molecular formula is C13H14BrN3O. The van der Waals surface area contributed by atoms with E-state index in [0.29, 0.717) is 5.84 Å². The van der Waals surface area contributed by atoms with Gasteiger partial charge in [0.15, 0.2) is 0 Å². The smallest absolute Gasteiger partial charge is 0.148 e. The molecule has 1 atom stereocenters. The number of oxime groups is 1. The number of nitrogens with one attached hydrogen (secondary N) is 1. The molecule has 2 aromatic rings. The molecule has 1 aliphatic rings. The molecule has 0 aliphatic heterocycles. The normalized spacial score (nSPS) is 20.1. The van der Waals surface area contributed by atoms with Gasteiger partial charge in [-0.25, -0.2) is 0 Å². The second-order valence-electron chi connectivity index (χ2n) is 4.68. The van der Waals surface area contributed by atoms with Gasteiger partial charge < -0.3 is 15.9 Å². The summed E-state index contributed by atoms with van der Waals surface area (Å²) >= 11 is 3.50. The van der Waals surface area contributed by atoms with Crippen molar-refractivity contribution in [2.24, 2.45) is 10.9 Å². The summed E-state index contributed by atoms with van der Waals surface area (Å²) in [6, 6.07) is 6.20. The Morgan fingerprint density at radius 1 is 1.50 bits per heavy atom. The topological polar surface area (TPSA) is 74.4 Å². The van der Waals surface area contributed by atoms with E-state index in [4.69, 9.17) is 10.9 Å². The third kappa shape index (κ3) is 1.70. The minimum Gasteiger partial charge on any atom is -0.409 e. The van der Waals surface area contributed by atoms with Crippen LogP contribution in [0, 0.1) is 0 Å². The van der Waals surface area contributed by atoms with Crippen molar-refractivity contribution < 1.29 is 5.21 Å². The Kier molecular flexibility index (Phi) is 2.78. The molecule has 0 saturated heterocycles. The van der Waals surface area contributed by atoms with Gasteiger partial charge in [-0.1, -0.05) is 21.1 Å². The third-order valence-electron chi connectivity index (χ3n) is 3.64. The Labute approximate surface area is 113 Å². The first-order valence-electron chi connectivity index (χ1n) is 5.98. The van der Waals surface area contributed by atoms with Crippen LogP contribution in [-0.2, 0) is 6.42 Å². The van der Waals surface area contributed by atoms with E-state index in [1.54, 1.807) is 0 Å². The average Bonchev–Trinajstić information content (AvgIpc) is 2.75. The summed E-state index contributed by atoms with van der Waals surface area (Å²) in [5.74, 6) is 0.298. The Morgan fingerprint density at radius 3 is 3.11 bits per heavy atom. The van der Waals surface area contributed by atoms with Gasteiger partial charge in [0.05, 0.1) is 5.92 Å². The fourth-order valence-electron chi connectivity index (χ4n) is 2.80. The lowest BCUT2D eigenvalue weighted by atomic mass is 9.86. The van der Waals surface area contributed by atoms with E-state index in [1.807, 2.05) is 6.07 Å². The largest absolute Gasteiger partial charge is 0.409 e. The van der Waals surface area contributed by atoms with Crippen LogP contribution in [0.1, 0.15) is 30.0 Å². The molecule has 0 radical (unpaired) electrons. The number of benzene rings is 1. The molecule has 0 saturated carbocycles. The number of H-pyrrole nitrogens is 1. The zero-order valence-corrected chi connectivity index (χ0v) is 11.4. The number of rotatable bonds is 1. The Bertz CT molecular complexity index is 632. The molecule has 0 amide bonds. The number of halogens is 1. The van der Waals surface area contributed by atoms with Crippen LogP contribution < -0.4 is 5.73 Å². The van der Waals surface area contributed by atoms with E-state index in [0.717, 1.165) is 34.9 Å². The molecule has 0 bridgehead atoms. The predicted molar refractivity (Wildman–Crippen MR) is 75.1 cm³/mol. The maximum Gasteiger partial charge on any atom is 0.148 e. The van der Waals surface area contributed by atoms with Crippen molar-refractivity contribution in [1.82, 2.24) is 4.98 Å². The van der Waals surface area contributed by atoms with Gasteiger partial charge >= 0.3 is 0 Å². The molecule has 0 fully saturated rings. The first kappa shape index (κ1) is 11.6. The van der Waals surface area contributed by atoms with Gasteiger partial charge in [0.2, 0.25) is 0 Å². The number of amidine groups is 1. The average molecular weight is 308 g/mol. The van der Waals surface area contributed by atoms with Crippen molar-refractivity contribution in [2.75, 3.05) is 0 Å². The first-order chi connectivity index (χ1) is 8.70. The number of hydrogen-bond acceptors (Lipinski definition) is 2. The van der Waals surface area contributed by atoms with E-state index in [2.05, 4.69) is 38.2 Å². The van der Waals surface area contributed by atoms with Gasteiger partial charge in [0, 0.05) is 21.1 Å². The zero-order chi connectivity index (χ0) is 12.7. The van der Waals surface area contributed by atoms with Crippen LogP contribution in [-0.4, -0.2) is 16.0 Å². The van der Waals surface area contributed by atoms with E-state index in [1.165, 1.54) is 10.9 Å². The van der Waals surface area contributed by atoms with Gasteiger partial charge in [-0.3, -0.25) is 0 Å². The number of aromatic amines is 1. The molecule has 1 aromatic carbocycles. The fourth-order valence-corrected chi connectivity index (χ4v) is 3.16. The first-order valence-corrected chi connectivity index (χ1v) is 6.77. The van der Waals surface area contributed by atoms with Crippen molar-refractivity contribution in [3.8, 4) is 0 Å². The summed E-state index contributed by atoms with van der Waals surface area (Å²) in [6.07, 6.45) is 3.03. The van der Waals surface area contributed by atoms with Crippen LogP contribution in [0.25, 0.3) is 10.9 Å². The SMILES string of the molecule is N/C(=N\O)[C@@H]1CCCc2c1[nH]c1ccc(Br)cc21. The number of aromatic nitrogens is 1. The summed E-state index contributed by atoms with van der Waals surface area (Å²) in [6.45, 7) is 0. The third-order valence-corrected chi connectivity index (χ3v) is 4.13. The van der Waals surface area contributed by atoms with Gasteiger partial charge in [0.25, 0.3) is 0 Å². The molecule has 0 unspecified atom stereocenters. The van der Waals surface area contributed by atoms with Crippen LogP contribution in [0.2, 0.25) is 0 Å². The second-order valence-corrected chi connectivity index (χ2v) is 5.59. The lowest BCUT2D eigenvalue weighted by Crippen LogP contribution is -2.25. The van der Waals surface area contributed by atoms with Crippen LogP contribution in [0.3, 0.4) is 0 Å². The van der Waals surface area contributed by atoms with E-state index < -0.39 is 0 Å². The van der Waals surface area contributed by atoms with Crippen LogP contribution in [0.4, 0.5) is 0 Å². The number of aryl methyl sites for hydroxylation is 1. The van der Waals surface area contributed by atoms with E-state index in [-0.39, 0.29) is 5.92 Å². The lowest BCUT2D eigenvalue weighted by Gasteiger charge is -2.21. The van der Waals surface area contributed by atoms with Crippen molar-refractivity contribution in [1.29, 1.82) is 0 Å². The molecule has 94 valence electrons. The minimum absolute atomic E-state index is 0.00456. The van der Waals surface area contributed by atoms with Crippen molar-refractivity contribution >= 4 is 32.7 Å². The lowest BCUT2D eigenvalue weighted by molar-refractivity contribution is 0.315. The molecule has 1 heterocycles. The number of nitrogens with two attached hydrogens (primary N) is 1. The Hall–Kier alpha value is -1.49.